The van der Waals surface area contributed by atoms with Crippen LogP contribution in [0.15, 0.2) is 46.3 Å². The van der Waals surface area contributed by atoms with Crippen LogP contribution in [0.1, 0.15) is 58.8 Å². The van der Waals surface area contributed by atoms with E-state index in [9.17, 15) is 9.59 Å². The Hall–Kier alpha value is -2.76. The number of hydrogen-bond donors (Lipinski definition) is 3. The summed E-state index contributed by atoms with van der Waals surface area (Å²) in [7, 11) is 2.58. The molecule has 2 aliphatic heterocycles. The third-order valence-corrected chi connectivity index (χ3v) is 9.08. The third-order valence-electron chi connectivity index (χ3n) is 8.84. The van der Waals surface area contributed by atoms with Crippen molar-refractivity contribution in [2.24, 2.45) is 5.92 Å². The van der Waals surface area contributed by atoms with Gasteiger partial charge in [-0.2, -0.15) is 0 Å². The number of alkyl halides is 1. The topological polar surface area (TPSA) is 95.2 Å². The van der Waals surface area contributed by atoms with Gasteiger partial charge < -0.3 is 30.3 Å². The van der Waals surface area contributed by atoms with Crippen molar-refractivity contribution in [3.63, 3.8) is 0 Å². The van der Waals surface area contributed by atoms with Crippen LogP contribution in [0.2, 0.25) is 0 Å². The van der Waals surface area contributed by atoms with Crippen molar-refractivity contribution >= 4 is 29.3 Å². The smallest absolute Gasteiger partial charge is 0.336 e. The highest BCUT2D eigenvalue weighted by Gasteiger charge is 2.40. The molecule has 4 rings (SSSR count). The second-order valence-electron chi connectivity index (χ2n) is 11.6. The Bertz CT molecular complexity index is 1120. The number of hydrogen-bond acceptors (Lipinski definition) is 8. The molecule has 2 aliphatic carbocycles. The Morgan fingerprint density at radius 2 is 1.67 bits per heavy atom. The molecule has 1 unspecified atom stereocenters. The summed E-state index contributed by atoms with van der Waals surface area (Å²) in [5, 5.41) is 9.25. The molecule has 2 fully saturated rings. The van der Waals surface area contributed by atoms with Crippen LogP contribution < -0.4 is 16.0 Å². The Balaban J connectivity index is 1.26. The number of nitrogens with one attached hydrogen (secondary N) is 3. The SMILES string of the molecule is COC(=O)C1=C(C)NC(C)=C(C(=O)OC)C1C1=CCC(F)(NC(=S)NCCCN2CCN(C3CCCCC3)CC2)C=C1. The summed E-state index contributed by atoms with van der Waals surface area (Å²) in [4.78, 5) is 30.6. The number of methoxy groups -OCH3 is 2. The van der Waals surface area contributed by atoms with Crippen LogP contribution >= 0.6 is 12.2 Å². The first-order valence-electron chi connectivity index (χ1n) is 15.1. The zero-order valence-electron chi connectivity index (χ0n) is 25.4. The predicted octanol–water partition coefficient (Wildman–Crippen LogP) is 3.46. The molecule has 3 N–H and O–H groups in total. The number of allylic oxidation sites excluding steroid dienone is 4. The lowest BCUT2D eigenvalue weighted by Gasteiger charge is -2.40. The minimum absolute atomic E-state index is 0.0309. The summed E-state index contributed by atoms with van der Waals surface area (Å²) < 4.78 is 25.8. The maximum atomic E-state index is 15.7. The normalized spacial score (nSPS) is 24.6. The minimum atomic E-state index is -1.90. The van der Waals surface area contributed by atoms with Gasteiger partial charge in [-0.1, -0.05) is 31.4 Å². The van der Waals surface area contributed by atoms with Crippen LogP contribution in [0.5, 0.6) is 0 Å². The fourth-order valence-corrected chi connectivity index (χ4v) is 6.83. The van der Waals surface area contributed by atoms with Crippen LogP contribution in [0.3, 0.4) is 0 Å². The number of piperazine rings is 1. The quantitative estimate of drug-likeness (QED) is 0.157. The molecule has 9 nitrogen and oxygen atoms in total. The molecule has 0 aromatic carbocycles. The van der Waals surface area contributed by atoms with Gasteiger partial charge >= 0.3 is 11.9 Å². The molecule has 42 heavy (non-hydrogen) atoms. The number of nitrogens with zero attached hydrogens (tertiary/aromatic N) is 2. The van der Waals surface area contributed by atoms with Gasteiger partial charge in [-0.3, -0.25) is 4.90 Å². The number of carbonyl (C=O) groups excluding carboxylic acids is 2. The number of halogens is 1. The summed E-state index contributed by atoms with van der Waals surface area (Å²) in [6.07, 6.45) is 12.4. The van der Waals surface area contributed by atoms with E-state index in [2.05, 4.69) is 25.8 Å². The molecule has 1 saturated carbocycles. The maximum Gasteiger partial charge on any atom is 0.336 e. The Morgan fingerprint density at radius 3 is 2.21 bits per heavy atom. The summed E-state index contributed by atoms with van der Waals surface area (Å²) in [6.45, 7) is 9.62. The number of dihydropyridines is 1. The van der Waals surface area contributed by atoms with Crippen LogP contribution in [0.4, 0.5) is 4.39 Å². The highest BCUT2D eigenvalue weighted by atomic mass is 32.1. The molecular weight excluding hydrogens is 557 g/mol. The predicted molar refractivity (Wildman–Crippen MR) is 165 cm³/mol. The van der Waals surface area contributed by atoms with E-state index in [0.717, 1.165) is 45.2 Å². The van der Waals surface area contributed by atoms with Crippen LogP contribution in [0, 0.1) is 5.92 Å². The molecule has 0 bridgehead atoms. The molecule has 0 spiro atoms. The van der Waals surface area contributed by atoms with E-state index in [1.807, 2.05) is 0 Å². The second kappa shape index (κ2) is 14.6. The molecule has 4 aliphatic rings. The van der Waals surface area contributed by atoms with Crippen LogP contribution in [0.25, 0.3) is 0 Å². The highest BCUT2D eigenvalue weighted by molar-refractivity contribution is 7.80. The van der Waals surface area contributed by atoms with Crippen molar-refractivity contribution in [1.29, 1.82) is 0 Å². The standard InChI is InChI=1S/C31H46FN5O4S/c1-21-25(28(38)40-3)27(26(22(2)34-21)29(39)41-4)23-11-13-31(32,14-12-23)35-30(42)33-15-8-16-36-17-19-37(20-18-36)24-9-6-5-7-10-24/h11-13,24,27,34H,5-10,14-20H2,1-4H3,(H2,33,35,42). The van der Waals surface area contributed by atoms with Gasteiger partial charge in [0.05, 0.1) is 31.3 Å². The molecule has 0 aromatic rings. The minimum Gasteiger partial charge on any atom is -0.466 e. The Labute approximate surface area is 254 Å². The van der Waals surface area contributed by atoms with Gasteiger partial charge in [0.15, 0.2) is 5.11 Å². The van der Waals surface area contributed by atoms with Gasteiger partial charge in [0.25, 0.3) is 0 Å². The summed E-state index contributed by atoms with van der Waals surface area (Å²) in [5.41, 5.74) is 2.31. The summed E-state index contributed by atoms with van der Waals surface area (Å²) >= 11 is 5.40. The number of carbonyl (C=O) groups is 2. The van der Waals surface area contributed by atoms with Crippen LogP contribution in [-0.2, 0) is 19.1 Å². The first-order valence-corrected chi connectivity index (χ1v) is 15.5. The van der Waals surface area contributed by atoms with Gasteiger partial charge in [-0.05, 0) is 63.5 Å². The van der Waals surface area contributed by atoms with Crippen molar-refractivity contribution in [3.8, 4) is 0 Å². The maximum absolute atomic E-state index is 15.7. The van der Waals surface area contributed by atoms with E-state index >= 15 is 4.39 Å². The molecular formula is C31H46FN5O4S. The van der Waals surface area contributed by atoms with E-state index in [1.54, 1.807) is 26.0 Å². The number of thiocarbonyl (C=S) groups is 1. The monoisotopic (exact) mass is 603 g/mol. The van der Waals surface area contributed by atoms with Crippen molar-refractivity contribution in [2.45, 2.75) is 70.6 Å². The van der Waals surface area contributed by atoms with Crippen molar-refractivity contribution < 1.29 is 23.5 Å². The van der Waals surface area contributed by atoms with Crippen molar-refractivity contribution in [3.05, 3.63) is 46.3 Å². The van der Waals surface area contributed by atoms with E-state index in [4.69, 9.17) is 21.7 Å². The van der Waals surface area contributed by atoms with Gasteiger partial charge in [0.1, 0.15) is 0 Å². The Kier molecular flexibility index (Phi) is 11.2. The third kappa shape index (κ3) is 7.79. The summed E-state index contributed by atoms with van der Waals surface area (Å²) in [6, 6.07) is 0.782. The molecule has 2 heterocycles. The number of rotatable bonds is 9. The molecule has 11 heteroatoms. The number of ether oxygens (including phenoxy) is 2. The van der Waals surface area contributed by atoms with Gasteiger partial charge in [-0.15, -0.1) is 0 Å². The molecule has 1 saturated heterocycles. The lowest BCUT2D eigenvalue weighted by atomic mass is 9.78. The fraction of sp³-hybridized carbons (Fsp3) is 0.645. The first-order chi connectivity index (χ1) is 20.2. The van der Waals surface area contributed by atoms with E-state index < -0.39 is 23.6 Å². The average Bonchev–Trinajstić information content (AvgIpc) is 2.99. The van der Waals surface area contributed by atoms with Gasteiger partial charge in [-0.25, -0.2) is 14.0 Å². The lowest BCUT2D eigenvalue weighted by Crippen LogP contribution is -2.51. The fourth-order valence-electron chi connectivity index (χ4n) is 6.56. The van der Waals surface area contributed by atoms with Crippen LogP contribution in [-0.4, -0.2) is 92.2 Å². The lowest BCUT2D eigenvalue weighted by molar-refractivity contribution is -0.137. The molecule has 1 atom stereocenters. The number of esters is 2. The molecule has 0 radical (unpaired) electrons. The molecule has 0 amide bonds. The average molecular weight is 604 g/mol. The van der Waals surface area contributed by atoms with Gasteiger partial charge in [0.2, 0.25) is 5.79 Å². The highest BCUT2D eigenvalue weighted by Crippen LogP contribution is 2.39. The molecule has 232 valence electrons. The first kappa shape index (κ1) is 32.2. The van der Waals surface area contributed by atoms with Crippen molar-refractivity contribution in [1.82, 2.24) is 25.8 Å². The second-order valence-corrected chi connectivity index (χ2v) is 12.0. The Morgan fingerprint density at radius 1 is 1.05 bits per heavy atom. The zero-order valence-corrected chi connectivity index (χ0v) is 26.2. The largest absolute Gasteiger partial charge is 0.466 e. The zero-order chi connectivity index (χ0) is 30.3. The van der Waals surface area contributed by atoms with E-state index in [1.165, 1.54) is 52.4 Å². The molecule has 0 aromatic heterocycles. The van der Waals surface area contributed by atoms with E-state index in [-0.39, 0.29) is 22.7 Å². The summed E-state index contributed by atoms with van der Waals surface area (Å²) in [5.74, 6) is -3.79. The van der Waals surface area contributed by atoms with E-state index in [0.29, 0.717) is 23.5 Å². The van der Waals surface area contributed by atoms with Gasteiger partial charge in [0, 0.05) is 56.6 Å². The van der Waals surface area contributed by atoms with Crippen molar-refractivity contribution in [2.75, 3.05) is 53.5 Å².